The Hall–Kier alpha value is -2.64. The van der Waals surface area contributed by atoms with Gasteiger partial charge in [-0.3, -0.25) is 9.59 Å². The number of carbonyl (C=O) groups is 3. The molecular weight excluding hydrogens is 785 g/mol. The molecule has 0 unspecified atom stereocenters. The summed E-state index contributed by atoms with van der Waals surface area (Å²) in [5.74, 6) is -6.45. The normalized spacial score (nSPS) is 41.6. The summed E-state index contributed by atoms with van der Waals surface area (Å²) < 4.78 is 39.7. The third kappa shape index (κ3) is 9.88. The van der Waals surface area contributed by atoms with Crippen LogP contribution < -0.4 is 5.32 Å². The van der Waals surface area contributed by atoms with Crippen molar-refractivity contribution >= 4 is 17.8 Å². The number of carbonyl (C=O) groups excluding carboxylic acids is 2. The molecule has 18 atom stereocenters. The first kappa shape index (κ1) is 49.4. The maximum absolute atomic E-state index is 14.6. The molecule has 4 saturated heterocycles. The lowest BCUT2D eigenvalue weighted by Gasteiger charge is -2.55. The predicted octanol–water partition coefficient (Wildman–Crippen LogP) is 7.22. The molecule has 5 aliphatic rings. The van der Waals surface area contributed by atoms with E-state index in [0.29, 0.717) is 57.8 Å². The van der Waals surface area contributed by atoms with Crippen LogP contribution in [0.5, 0.6) is 0 Å². The van der Waals surface area contributed by atoms with Crippen LogP contribution >= 0.6 is 0 Å². The highest BCUT2D eigenvalue weighted by atomic mass is 16.8. The number of amides is 1. The fourth-order valence-corrected chi connectivity index (χ4v) is 11.1. The molecule has 0 radical (unpaired) electrons. The van der Waals surface area contributed by atoms with Gasteiger partial charge in [0.15, 0.2) is 17.2 Å². The summed E-state index contributed by atoms with van der Waals surface area (Å²) in [4.78, 5) is 40.0. The highest BCUT2D eigenvalue weighted by Gasteiger charge is 2.63. The number of hydrogen-bond donors (Lipinski definition) is 4. The van der Waals surface area contributed by atoms with Crippen molar-refractivity contribution in [2.24, 2.45) is 41.4 Å². The first-order valence-electron chi connectivity index (χ1n) is 23.1. The zero-order valence-corrected chi connectivity index (χ0v) is 38.8. The van der Waals surface area contributed by atoms with Crippen LogP contribution in [0.3, 0.4) is 0 Å². The van der Waals surface area contributed by atoms with Crippen molar-refractivity contribution in [1.29, 1.82) is 5.26 Å². The number of carboxylic acid groups (broad SMARTS) is 1. The molecule has 0 aromatic carbocycles. The smallest absolute Gasteiger partial charge is 0.409 e. The molecule has 5 aliphatic heterocycles. The van der Waals surface area contributed by atoms with E-state index in [2.05, 4.69) is 19.2 Å². The Kier molecular flexibility index (Phi) is 15.2. The van der Waals surface area contributed by atoms with E-state index in [1.807, 2.05) is 60.6 Å². The predicted molar refractivity (Wildman–Crippen MR) is 226 cm³/mol. The number of nitrogens with zero attached hydrogens (tertiary/aromatic N) is 1. The van der Waals surface area contributed by atoms with Crippen LogP contribution in [0.1, 0.15) is 147 Å². The van der Waals surface area contributed by atoms with Gasteiger partial charge in [0.2, 0.25) is 0 Å². The van der Waals surface area contributed by atoms with Crippen molar-refractivity contribution in [3.05, 3.63) is 12.2 Å². The third-order valence-corrected chi connectivity index (χ3v) is 15.4. The Labute approximate surface area is 363 Å². The highest BCUT2D eigenvalue weighted by Crippen LogP contribution is 2.54. The zero-order valence-electron chi connectivity index (χ0n) is 38.8. The first-order valence-corrected chi connectivity index (χ1v) is 23.1. The van der Waals surface area contributed by atoms with Gasteiger partial charge in [0.05, 0.1) is 53.7 Å². The van der Waals surface area contributed by atoms with Crippen molar-refractivity contribution in [3.63, 3.8) is 0 Å². The van der Waals surface area contributed by atoms with Gasteiger partial charge in [0.1, 0.15) is 17.9 Å². The van der Waals surface area contributed by atoms with Gasteiger partial charge in [-0.15, -0.1) is 0 Å². The monoisotopic (exact) mass is 861 g/mol. The summed E-state index contributed by atoms with van der Waals surface area (Å²) in [5.41, 5.74) is -3.20. The first-order chi connectivity index (χ1) is 28.4. The number of ether oxygens (including phenoxy) is 6. The molecule has 0 saturated carbocycles. The molecule has 61 heavy (non-hydrogen) atoms. The standard InChI is InChI=1S/C47H76N2O12/c1-13-32(41(52)53)34-17-16-26(4)39(57-34)30(8)37(50)29(7)38(51)33(14-2)40-27(5)24-28(6)46(58-40)21-18-35(49-42(54)59-43(10,11)25-48)47(61-46)23-22-44(12,60-47)36-19-20-45(55,15-3)31(9)56-36/h18,21,26-37,39-40,50,55H,13-17,19-20,22-24H2,1-12H3,(H,49,54)(H,52,53)/t26-,27-,28+,29-,30-,31-,32+,33-,34+,35+,36+,37+,39+,40-,44-,45+,46-,47-/m0/s1. The van der Waals surface area contributed by atoms with Gasteiger partial charge in [-0.25, -0.2) is 4.79 Å². The number of Topliss-reactive ketones (excluding diaryl/α,β-unsaturated/α-hetero) is 1. The lowest BCUT2D eigenvalue weighted by molar-refractivity contribution is -0.398. The van der Waals surface area contributed by atoms with Crippen LogP contribution in [0.2, 0.25) is 0 Å². The number of hydrogen-bond acceptors (Lipinski definition) is 12. The van der Waals surface area contributed by atoms with E-state index in [-0.39, 0.29) is 29.6 Å². The number of ketones is 1. The van der Waals surface area contributed by atoms with Crippen molar-refractivity contribution in [1.82, 2.24) is 5.32 Å². The fraction of sp³-hybridized carbons (Fsp3) is 0.872. The average molecular weight is 861 g/mol. The Morgan fingerprint density at radius 1 is 0.951 bits per heavy atom. The van der Waals surface area contributed by atoms with E-state index in [1.54, 1.807) is 13.0 Å². The van der Waals surface area contributed by atoms with Crippen LogP contribution in [0.15, 0.2) is 12.2 Å². The largest absolute Gasteiger partial charge is 0.481 e. The molecule has 0 aromatic rings. The number of aliphatic hydroxyl groups excluding tert-OH is 1. The van der Waals surface area contributed by atoms with Crippen LogP contribution in [-0.4, -0.2) is 104 Å². The Morgan fingerprint density at radius 3 is 2.21 bits per heavy atom. The second-order valence-corrected chi connectivity index (χ2v) is 20.1. The summed E-state index contributed by atoms with van der Waals surface area (Å²) >= 11 is 0. The minimum Gasteiger partial charge on any atom is -0.481 e. The molecule has 14 heteroatoms. The number of aliphatic hydroxyl groups is 2. The lowest BCUT2D eigenvalue weighted by Crippen LogP contribution is -2.66. The van der Waals surface area contributed by atoms with Gasteiger partial charge in [0.25, 0.3) is 0 Å². The minimum atomic E-state index is -1.46. The summed E-state index contributed by atoms with van der Waals surface area (Å²) in [5, 5.41) is 45.4. The van der Waals surface area contributed by atoms with Gasteiger partial charge in [-0.05, 0) is 103 Å². The quantitative estimate of drug-likeness (QED) is 0.128. The van der Waals surface area contributed by atoms with Gasteiger partial charge >= 0.3 is 12.1 Å². The average Bonchev–Trinajstić information content (AvgIpc) is 3.55. The topological polar surface area (TPSA) is 203 Å². The van der Waals surface area contributed by atoms with Crippen LogP contribution in [0, 0.1) is 52.8 Å². The van der Waals surface area contributed by atoms with Crippen molar-refractivity contribution in [2.75, 3.05) is 0 Å². The summed E-state index contributed by atoms with van der Waals surface area (Å²) in [6.07, 6.45) is 4.93. The molecule has 0 aromatic heterocycles. The number of nitrogens with one attached hydrogen (secondary N) is 1. The molecule has 14 nitrogen and oxygen atoms in total. The number of alkyl carbamates (subject to hydrolysis) is 1. The summed E-state index contributed by atoms with van der Waals surface area (Å²) in [7, 11) is 0. The molecule has 2 spiro atoms. The number of aliphatic carboxylic acids is 1. The molecule has 1 amide bonds. The van der Waals surface area contributed by atoms with Crippen molar-refractivity contribution in [3.8, 4) is 6.07 Å². The van der Waals surface area contributed by atoms with E-state index in [4.69, 9.17) is 28.4 Å². The van der Waals surface area contributed by atoms with Gasteiger partial charge in [-0.1, -0.05) is 61.5 Å². The lowest BCUT2D eigenvalue weighted by atomic mass is 9.72. The number of carboxylic acids is 1. The van der Waals surface area contributed by atoms with Crippen molar-refractivity contribution in [2.45, 2.75) is 218 Å². The highest BCUT2D eigenvalue weighted by molar-refractivity contribution is 5.84. The zero-order chi connectivity index (χ0) is 45.5. The Bertz CT molecular complexity index is 1650. The van der Waals surface area contributed by atoms with Gasteiger partial charge in [-0.2, -0.15) is 5.26 Å². The Morgan fingerprint density at radius 2 is 1.62 bits per heavy atom. The van der Waals surface area contributed by atoms with E-state index in [0.717, 1.165) is 6.42 Å². The Balaban J connectivity index is 1.40. The molecule has 0 aliphatic carbocycles. The maximum Gasteiger partial charge on any atom is 0.409 e. The molecule has 5 heterocycles. The van der Waals surface area contributed by atoms with Crippen LogP contribution in [0.4, 0.5) is 4.79 Å². The van der Waals surface area contributed by atoms with Gasteiger partial charge < -0.3 is 49.1 Å². The second kappa shape index (κ2) is 18.8. The molecule has 4 N–H and O–H groups in total. The van der Waals surface area contributed by atoms with Crippen molar-refractivity contribution < 1.29 is 58.1 Å². The van der Waals surface area contributed by atoms with E-state index < -0.39 is 101 Å². The van der Waals surface area contributed by atoms with Crippen LogP contribution in [0.25, 0.3) is 0 Å². The molecule has 0 bridgehead atoms. The second-order valence-electron chi connectivity index (χ2n) is 20.1. The van der Waals surface area contributed by atoms with E-state index in [1.165, 1.54) is 13.8 Å². The molecule has 4 fully saturated rings. The fourth-order valence-electron chi connectivity index (χ4n) is 11.1. The molecular formula is C47H76N2O12. The maximum atomic E-state index is 14.6. The van der Waals surface area contributed by atoms with E-state index >= 15 is 0 Å². The minimum absolute atomic E-state index is 0.0584. The van der Waals surface area contributed by atoms with E-state index in [9.17, 15) is 35.0 Å². The number of rotatable bonds is 14. The summed E-state index contributed by atoms with van der Waals surface area (Å²) in [6, 6.07) is 1.14. The molecule has 346 valence electrons. The SMILES string of the molecule is CC[C@@H](C(=O)[C@@H](C)[C@@H](O)[C@H](C)[C@@H]1O[C@@H]([C@@H](CC)C(=O)O)CC[C@@H]1C)[C@H]1O[C@]2(C=C[C@@H](NC(=O)OC(C)(C)C#N)[C@]3(CC[C@@](C)([C@H]4CC[C@](O)(CC)[C@H](C)O4)O3)O2)[C@H](C)C[C@@H]1C. The number of nitriles is 1. The third-order valence-electron chi connectivity index (χ3n) is 15.4. The van der Waals surface area contributed by atoms with Gasteiger partial charge in [0, 0.05) is 30.1 Å². The molecule has 5 rings (SSSR count). The van der Waals surface area contributed by atoms with Crippen LogP contribution in [-0.2, 0) is 38.0 Å². The summed E-state index contributed by atoms with van der Waals surface area (Å²) in [6.45, 7) is 22.4.